The number of rotatable bonds is 8. The van der Waals surface area contributed by atoms with E-state index in [0.717, 1.165) is 51.5 Å². The predicted molar refractivity (Wildman–Crippen MR) is 95.5 cm³/mol. The first-order valence-electron chi connectivity index (χ1n) is 8.89. The van der Waals surface area contributed by atoms with E-state index in [4.69, 9.17) is 0 Å². The molecule has 0 aliphatic carbocycles. The van der Waals surface area contributed by atoms with Gasteiger partial charge in [0, 0.05) is 39.3 Å². The van der Waals surface area contributed by atoms with Crippen LogP contribution in [0.4, 0.5) is 0 Å². The highest BCUT2D eigenvalue weighted by atomic mass is 16.2. The Morgan fingerprint density at radius 2 is 1.74 bits per heavy atom. The molecule has 1 aliphatic rings. The standard InChI is InChI=1S/C19H31N3O/c1-17(2)15-21-11-13-22(14-12-21)16-19(23)20-10-6-9-18-7-4-3-5-8-18/h3-5,7-8,17H,6,9-16H2,1-2H3,(H,20,23). The van der Waals surface area contributed by atoms with Crippen LogP contribution in [0.2, 0.25) is 0 Å². The van der Waals surface area contributed by atoms with Crippen LogP contribution in [0.5, 0.6) is 0 Å². The lowest BCUT2D eigenvalue weighted by Crippen LogP contribution is -2.50. The van der Waals surface area contributed by atoms with Gasteiger partial charge < -0.3 is 10.2 Å². The molecule has 1 amide bonds. The third kappa shape index (κ3) is 7.14. The zero-order chi connectivity index (χ0) is 16.5. The van der Waals surface area contributed by atoms with Crippen LogP contribution in [0, 0.1) is 5.92 Å². The Morgan fingerprint density at radius 1 is 1.09 bits per heavy atom. The molecule has 1 aromatic rings. The maximum absolute atomic E-state index is 12.0. The number of amides is 1. The van der Waals surface area contributed by atoms with Crippen LogP contribution in [0.15, 0.2) is 30.3 Å². The molecule has 0 spiro atoms. The van der Waals surface area contributed by atoms with Gasteiger partial charge in [0.15, 0.2) is 0 Å². The van der Waals surface area contributed by atoms with Crippen LogP contribution in [0.25, 0.3) is 0 Å². The molecule has 128 valence electrons. The molecule has 1 heterocycles. The zero-order valence-electron chi connectivity index (χ0n) is 14.6. The van der Waals surface area contributed by atoms with E-state index in [1.54, 1.807) is 0 Å². The molecule has 2 rings (SSSR count). The Labute approximate surface area is 140 Å². The van der Waals surface area contributed by atoms with E-state index in [1.807, 2.05) is 6.07 Å². The van der Waals surface area contributed by atoms with Crippen molar-refractivity contribution >= 4 is 5.91 Å². The van der Waals surface area contributed by atoms with Gasteiger partial charge in [0.1, 0.15) is 0 Å². The monoisotopic (exact) mass is 317 g/mol. The van der Waals surface area contributed by atoms with Crippen molar-refractivity contribution in [3.05, 3.63) is 35.9 Å². The molecular weight excluding hydrogens is 286 g/mol. The highest BCUT2D eigenvalue weighted by Crippen LogP contribution is 2.05. The van der Waals surface area contributed by atoms with Crippen molar-refractivity contribution in [3.8, 4) is 0 Å². The average molecular weight is 317 g/mol. The van der Waals surface area contributed by atoms with Crippen molar-refractivity contribution in [1.29, 1.82) is 0 Å². The zero-order valence-corrected chi connectivity index (χ0v) is 14.6. The highest BCUT2D eigenvalue weighted by molar-refractivity contribution is 5.77. The number of carbonyl (C=O) groups is 1. The molecule has 1 aliphatic heterocycles. The molecule has 1 fully saturated rings. The second kappa shape index (κ2) is 9.68. The van der Waals surface area contributed by atoms with E-state index in [0.29, 0.717) is 6.54 Å². The van der Waals surface area contributed by atoms with Gasteiger partial charge in [0.25, 0.3) is 0 Å². The van der Waals surface area contributed by atoms with Gasteiger partial charge >= 0.3 is 0 Å². The van der Waals surface area contributed by atoms with Crippen LogP contribution < -0.4 is 5.32 Å². The fraction of sp³-hybridized carbons (Fsp3) is 0.632. The lowest BCUT2D eigenvalue weighted by Gasteiger charge is -2.35. The maximum atomic E-state index is 12.0. The minimum absolute atomic E-state index is 0.162. The molecule has 0 atom stereocenters. The van der Waals surface area contributed by atoms with Crippen molar-refractivity contribution < 1.29 is 4.79 Å². The first-order chi connectivity index (χ1) is 11.1. The van der Waals surface area contributed by atoms with Gasteiger partial charge in [-0.05, 0) is 24.3 Å². The van der Waals surface area contributed by atoms with E-state index in [-0.39, 0.29) is 5.91 Å². The first kappa shape index (κ1) is 18.0. The molecule has 0 unspecified atom stereocenters. The summed E-state index contributed by atoms with van der Waals surface area (Å²) >= 11 is 0. The van der Waals surface area contributed by atoms with Crippen LogP contribution in [-0.2, 0) is 11.2 Å². The average Bonchev–Trinajstić information content (AvgIpc) is 2.54. The van der Waals surface area contributed by atoms with Gasteiger partial charge in [-0.15, -0.1) is 0 Å². The van der Waals surface area contributed by atoms with Crippen molar-refractivity contribution in [2.75, 3.05) is 45.8 Å². The number of nitrogens with one attached hydrogen (secondary N) is 1. The molecule has 0 aromatic heterocycles. The molecule has 1 aromatic carbocycles. The summed E-state index contributed by atoms with van der Waals surface area (Å²) in [6, 6.07) is 10.4. The Hall–Kier alpha value is -1.39. The number of nitrogens with zero attached hydrogens (tertiary/aromatic N) is 2. The quantitative estimate of drug-likeness (QED) is 0.745. The smallest absolute Gasteiger partial charge is 0.234 e. The van der Waals surface area contributed by atoms with Crippen LogP contribution in [0.3, 0.4) is 0 Å². The molecule has 1 N–H and O–H groups in total. The number of piperazine rings is 1. The summed E-state index contributed by atoms with van der Waals surface area (Å²) in [6.07, 6.45) is 2.02. The fourth-order valence-electron chi connectivity index (χ4n) is 3.07. The van der Waals surface area contributed by atoms with Gasteiger partial charge in [0.05, 0.1) is 6.54 Å². The van der Waals surface area contributed by atoms with Crippen molar-refractivity contribution in [1.82, 2.24) is 15.1 Å². The maximum Gasteiger partial charge on any atom is 0.234 e. The summed E-state index contributed by atoms with van der Waals surface area (Å²) in [5, 5.41) is 3.05. The number of benzene rings is 1. The first-order valence-corrected chi connectivity index (χ1v) is 8.89. The normalized spacial score (nSPS) is 16.7. The largest absolute Gasteiger partial charge is 0.355 e. The summed E-state index contributed by atoms with van der Waals surface area (Å²) in [5.41, 5.74) is 1.34. The summed E-state index contributed by atoms with van der Waals surface area (Å²) in [5.74, 6) is 0.879. The SMILES string of the molecule is CC(C)CN1CCN(CC(=O)NCCCc2ccccc2)CC1. The van der Waals surface area contributed by atoms with Gasteiger partial charge in [-0.25, -0.2) is 0 Å². The van der Waals surface area contributed by atoms with E-state index >= 15 is 0 Å². The third-order valence-electron chi connectivity index (χ3n) is 4.26. The Kier molecular flexibility index (Phi) is 7.56. The van der Waals surface area contributed by atoms with Crippen LogP contribution in [-0.4, -0.2) is 61.5 Å². The molecule has 4 heteroatoms. The van der Waals surface area contributed by atoms with E-state index in [9.17, 15) is 4.79 Å². The minimum atomic E-state index is 0.162. The van der Waals surface area contributed by atoms with E-state index in [1.165, 1.54) is 12.1 Å². The predicted octanol–water partition coefficient (Wildman–Crippen LogP) is 2.01. The Bertz CT molecular complexity index is 453. The number of hydrogen-bond acceptors (Lipinski definition) is 3. The molecule has 4 nitrogen and oxygen atoms in total. The van der Waals surface area contributed by atoms with Gasteiger partial charge in [-0.1, -0.05) is 44.2 Å². The lowest BCUT2D eigenvalue weighted by atomic mass is 10.1. The van der Waals surface area contributed by atoms with Crippen molar-refractivity contribution in [2.45, 2.75) is 26.7 Å². The van der Waals surface area contributed by atoms with E-state index < -0.39 is 0 Å². The number of hydrogen-bond donors (Lipinski definition) is 1. The molecular formula is C19H31N3O. The van der Waals surface area contributed by atoms with Gasteiger partial charge in [-0.3, -0.25) is 9.69 Å². The Balaban J connectivity index is 1.55. The fourth-order valence-corrected chi connectivity index (χ4v) is 3.07. The second-order valence-corrected chi connectivity index (χ2v) is 6.91. The van der Waals surface area contributed by atoms with Crippen LogP contribution >= 0.6 is 0 Å². The molecule has 0 radical (unpaired) electrons. The summed E-state index contributed by atoms with van der Waals surface area (Å²) in [4.78, 5) is 16.8. The Morgan fingerprint density at radius 3 is 2.39 bits per heavy atom. The lowest BCUT2D eigenvalue weighted by molar-refractivity contribution is -0.122. The number of carbonyl (C=O) groups excluding carboxylic acids is 1. The van der Waals surface area contributed by atoms with Gasteiger partial charge in [-0.2, -0.15) is 0 Å². The van der Waals surface area contributed by atoms with Gasteiger partial charge in [0.2, 0.25) is 5.91 Å². The molecule has 0 bridgehead atoms. The van der Waals surface area contributed by atoms with E-state index in [2.05, 4.69) is 53.2 Å². The highest BCUT2D eigenvalue weighted by Gasteiger charge is 2.18. The molecule has 1 saturated heterocycles. The summed E-state index contributed by atoms with van der Waals surface area (Å²) in [6.45, 7) is 11.2. The second-order valence-electron chi connectivity index (χ2n) is 6.91. The molecule has 23 heavy (non-hydrogen) atoms. The minimum Gasteiger partial charge on any atom is -0.355 e. The third-order valence-corrected chi connectivity index (χ3v) is 4.26. The topological polar surface area (TPSA) is 35.6 Å². The summed E-state index contributed by atoms with van der Waals surface area (Å²) in [7, 11) is 0. The number of aryl methyl sites for hydroxylation is 1. The van der Waals surface area contributed by atoms with Crippen molar-refractivity contribution in [2.24, 2.45) is 5.92 Å². The molecule has 0 saturated carbocycles. The van der Waals surface area contributed by atoms with Crippen LogP contribution in [0.1, 0.15) is 25.8 Å². The summed E-state index contributed by atoms with van der Waals surface area (Å²) < 4.78 is 0. The van der Waals surface area contributed by atoms with Crippen molar-refractivity contribution in [3.63, 3.8) is 0 Å².